The summed E-state index contributed by atoms with van der Waals surface area (Å²) < 4.78 is 2.64. The second-order valence-electron chi connectivity index (χ2n) is 2.11. The van der Waals surface area contributed by atoms with E-state index in [0.717, 1.165) is 14.9 Å². The molecule has 0 saturated carbocycles. The van der Waals surface area contributed by atoms with E-state index in [-0.39, 0.29) is 0 Å². The summed E-state index contributed by atoms with van der Waals surface area (Å²) in [5, 5.41) is 3.97. The van der Waals surface area contributed by atoms with Gasteiger partial charge in [0.1, 0.15) is 6.33 Å². The van der Waals surface area contributed by atoms with Crippen molar-refractivity contribution in [2.45, 2.75) is 0 Å². The van der Waals surface area contributed by atoms with Crippen LogP contribution in [0.1, 0.15) is 0 Å². The Morgan fingerprint density at radius 3 is 3.18 bits per heavy atom. The molecule has 2 N–H and O–H groups in total. The predicted molar refractivity (Wildman–Crippen MR) is 50.1 cm³/mol. The molecule has 0 spiro atoms. The number of rotatable bonds is 0. The molecule has 4 nitrogen and oxygen atoms in total. The van der Waals surface area contributed by atoms with Crippen molar-refractivity contribution in [2.75, 3.05) is 5.73 Å². The average Bonchev–Trinajstić information content (AvgIpc) is 2.45. The van der Waals surface area contributed by atoms with Gasteiger partial charge in [0, 0.05) is 6.20 Å². The average molecular weight is 260 g/mol. The van der Waals surface area contributed by atoms with Crippen LogP contribution in [0.2, 0.25) is 0 Å². The lowest BCUT2D eigenvalue weighted by molar-refractivity contribution is 0.959. The van der Waals surface area contributed by atoms with Crippen LogP contribution in [0.5, 0.6) is 0 Å². The fourth-order valence-electron chi connectivity index (χ4n) is 0.869. The molecule has 2 rings (SSSR count). The second kappa shape index (κ2) is 2.33. The van der Waals surface area contributed by atoms with Crippen LogP contribution < -0.4 is 5.73 Å². The lowest BCUT2D eigenvalue weighted by atomic mass is 10.4. The topological polar surface area (TPSA) is 56.2 Å². The smallest absolute Gasteiger partial charge is 0.170 e. The number of pyridine rings is 1. The van der Waals surface area contributed by atoms with Gasteiger partial charge in [0.25, 0.3) is 0 Å². The standard InChI is InChI=1S/C6H5IN4/c7-5-4(8)1-2-11-6(5)9-3-10-11/h1-3H,8H2. The molecule has 0 aliphatic heterocycles. The van der Waals surface area contributed by atoms with E-state index >= 15 is 0 Å². The minimum absolute atomic E-state index is 0.742. The van der Waals surface area contributed by atoms with Gasteiger partial charge in [0.2, 0.25) is 0 Å². The first-order valence-electron chi connectivity index (χ1n) is 3.02. The van der Waals surface area contributed by atoms with E-state index in [9.17, 15) is 0 Å². The molecule has 11 heavy (non-hydrogen) atoms. The highest BCUT2D eigenvalue weighted by Crippen LogP contribution is 2.17. The van der Waals surface area contributed by atoms with Crippen molar-refractivity contribution in [3.63, 3.8) is 0 Å². The molecule has 0 aromatic carbocycles. The summed E-state index contributed by atoms with van der Waals surface area (Å²) in [6, 6.07) is 1.81. The van der Waals surface area contributed by atoms with Gasteiger partial charge in [-0.1, -0.05) is 0 Å². The number of nitrogen functional groups attached to an aromatic ring is 1. The SMILES string of the molecule is Nc1ccn2ncnc2c1I. The second-order valence-corrected chi connectivity index (χ2v) is 3.19. The number of nitrogens with two attached hydrogens (primary N) is 1. The molecule has 2 aromatic rings. The highest BCUT2D eigenvalue weighted by molar-refractivity contribution is 14.1. The Labute approximate surface area is 76.6 Å². The number of anilines is 1. The van der Waals surface area contributed by atoms with Gasteiger partial charge in [-0.2, -0.15) is 5.10 Å². The number of nitrogens with zero attached hydrogens (tertiary/aromatic N) is 3. The third-order valence-electron chi connectivity index (χ3n) is 1.42. The van der Waals surface area contributed by atoms with Crippen molar-refractivity contribution >= 4 is 33.9 Å². The Balaban J connectivity index is 2.93. The van der Waals surface area contributed by atoms with Crippen LogP contribution in [0.25, 0.3) is 5.65 Å². The molecule has 0 unspecified atom stereocenters. The van der Waals surface area contributed by atoms with Crippen molar-refractivity contribution in [3.8, 4) is 0 Å². The van der Waals surface area contributed by atoms with Crippen LogP contribution in [0.15, 0.2) is 18.6 Å². The third kappa shape index (κ3) is 0.953. The minimum atomic E-state index is 0.742. The van der Waals surface area contributed by atoms with E-state index in [4.69, 9.17) is 5.73 Å². The van der Waals surface area contributed by atoms with Crippen LogP contribution >= 0.6 is 22.6 Å². The molecule has 0 aliphatic rings. The van der Waals surface area contributed by atoms with Crippen LogP contribution in [0, 0.1) is 3.57 Å². The van der Waals surface area contributed by atoms with Gasteiger partial charge in [-0.05, 0) is 28.7 Å². The molecule has 0 atom stereocenters. The van der Waals surface area contributed by atoms with E-state index in [0.29, 0.717) is 0 Å². The molecule has 0 amide bonds. The van der Waals surface area contributed by atoms with Crippen LogP contribution in [-0.4, -0.2) is 14.6 Å². The van der Waals surface area contributed by atoms with Gasteiger partial charge >= 0.3 is 0 Å². The van der Waals surface area contributed by atoms with Crippen molar-refractivity contribution in [2.24, 2.45) is 0 Å². The molecule has 0 saturated heterocycles. The maximum absolute atomic E-state index is 5.66. The van der Waals surface area contributed by atoms with Gasteiger partial charge in [-0.15, -0.1) is 0 Å². The Morgan fingerprint density at radius 2 is 2.36 bits per heavy atom. The molecule has 5 heteroatoms. The van der Waals surface area contributed by atoms with E-state index in [1.807, 2.05) is 6.07 Å². The summed E-state index contributed by atoms with van der Waals surface area (Å²) in [5.74, 6) is 0. The molecule has 56 valence electrons. The molecular formula is C6H5IN4. The first-order chi connectivity index (χ1) is 5.29. The summed E-state index contributed by atoms with van der Waals surface area (Å²) in [6.07, 6.45) is 3.30. The van der Waals surface area contributed by atoms with Gasteiger partial charge in [0.05, 0.1) is 9.26 Å². The lowest BCUT2D eigenvalue weighted by Gasteiger charge is -1.97. The zero-order valence-electron chi connectivity index (χ0n) is 5.53. The summed E-state index contributed by atoms with van der Waals surface area (Å²) in [6.45, 7) is 0. The number of halogens is 1. The monoisotopic (exact) mass is 260 g/mol. The zero-order chi connectivity index (χ0) is 7.84. The van der Waals surface area contributed by atoms with E-state index in [1.165, 1.54) is 6.33 Å². The van der Waals surface area contributed by atoms with Gasteiger partial charge < -0.3 is 5.73 Å². The lowest BCUT2D eigenvalue weighted by Crippen LogP contribution is -1.95. The molecule has 0 bridgehead atoms. The van der Waals surface area contributed by atoms with Crippen molar-refractivity contribution in [1.29, 1.82) is 0 Å². The Hall–Kier alpha value is -0.850. The molecule has 0 radical (unpaired) electrons. The molecular weight excluding hydrogens is 255 g/mol. The van der Waals surface area contributed by atoms with E-state index < -0.39 is 0 Å². The molecule has 0 fully saturated rings. The normalized spacial score (nSPS) is 10.6. The fourth-order valence-corrected chi connectivity index (χ4v) is 1.44. The number of aromatic nitrogens is 3. The predicted octanol–water partition coefficient (Wildman–Crippen LogP) is 0.916. The van der Waals surface area contributed by atoms with Crippen LogP contribution in [-0.2, 0) is 0 Å². The minimum Gasteiger partial charge on any atom is -0.398 e. The zero-order valence-corrected chi connectivity index (χ0v) is 7.69. The summed E-state index contributed by atoms with van der Waals surface area (Å²) >= 11 is 2.15. The first-order valence-corrected chi connectivity index (χ1v) is 4.10. The highest BCUT2D eigenvalue weighted by atomic mass is 127. The van der Waals surface area contributed by atoms with Crippen molar-refractivity contribution in [1.82, 2.24) is 14.6 Å². The maximum Gasteiger partial charge on any atom is 0.170 e. The van der Waals surface area contributed by atoms with Crippen LogP contribution in [0.3, 0.4) is 0 Å². The summed E-state index contributed by atoms with van der Waals surface area (Å²) in [4.78, 5) is 4.04. The summed E-state index contributed by atoms with van der Waals surface area (Å²) in [7, 11) is 0. The van der Waals surface area contributed by atoms with Gasteiger partial charge in [0.15, 0.2) is 5.65 Å². The molecule has 0 aliphatic carbocycles. The summed E-state index contributed by atoms with van der Waals surface area (Å²) in [5.41, 5.74) is 7.21. The maximum atomic E-state index is 5.66. The van der Waals surface area contributed by atoms with Crippen molar-refractivity contribution in [3.05, 3.63) is 22.2 Å². The highest BCUT2D eigenvalue weighted by Gasteiger charge is 2.02. The molecule has 2 heterocycles. The largest absolute Gasteiger partial charge is 0.398 e. The van der Waals surface area contributed by atoms with Crippen molar-refractivity contribution < 1.29 is 0 Å². The quantitative estimate of drug-likeness (QED) is 0.716. The number of hydrogen-bond donors (Lipinski definition) is 1. The number of fused-ring (bicyclic) bond motifs is 1. The third-order valence-corrected chi connectivity index (χ3v) is 2.52. The van der Waals surface area contributed by atoms with Crippen LogP contribution in [0.4, 0.5) is 5.69 Å². The van der Waals surface area contributed by atoms with Gasteiger partial charge in [-0.3, -0.25) is 0 Å². The number of hydrogen-bond acceptors (Lipinski definition) is 3. The Bertz CT molecular complexity index is 394. The van der Waals surface area contributed by atoms with E-state index in [2.05, 4.69) is 32.7 Å². The Kier molecular flexibility index (Phi) is 1.45. The fraction of sp³-hybridized carbons (Fsp3) is 0. The molecule has 2 aromatic heterocycles. The van der Waals surface area contributed by atoms with E-state index in [1.54, 1.807) is 10.7 Å². The Morgan fingerprint density at radius 1 is 1.55 bits per heavy atom. The van der Waals surface area contributed by atoms with Gasteiger partial charge in [-0.25, -0.2) is 9.50 Å². The first kappa shape index (κ1) is 6.84.